The van der Waals surface area contributed by atoms with Crippen LogP contribution in [0.4, 0.5) is 24.8 Å². The first-order chi connectivity index (χ1) is 15.4. The molecule has 3 heterocycles. The number of methoxy groups -OCH3 is 1. The first-order valence-electron chi connectivity index (χ1n) is 9.91. The Hall–Kier alpha value is -3.63. The monoisotopic (exact) mass is 446 g/mol. The molecule has 1 aliphatic rings. The summed E-state index contributed by atoms with van der Waals surface area (Å²) in [5.74, 6) is -3.38. The van der Waals surface area contributed by atoms with Gasteiger partial charge in [-0.15, -0.1) is 0 Å². The number of ether oxygens (including phenoxy) is 2. The third-order valence-corrected chi connectivity index (χ3v) is 5.21. The van der Waals surface area contributed by atoms with Crippen LogP contribution in [0.15, 0.2) is 42.9 Å². The molecule has 0 aliphatic carbocycles. The normalized spacial score (nSPS) is 14.9. The molecule has 8 nitrogen and oxygen atoms in total. The third-order valence-electron chi connectivity index (χ3n) is 5.21. The summed E-state index contributed by atoms with van der Waals surface area (Å²) >= 11 is 0. The van der Waals surface area contributed by atoms with E-state index in [0.717, 1.165) is 12.5 Å². The summed E-state index contributed by atoms with van der Waals surface area (Å²) in [5.41, 5.74) is 4.86. The van der Waals surface area contributed by atoms with Crippen molar-refractivity contribution in [3.63, 3.8) is 0 Å². The van der Waals surface area contributed by atoms with E-state index in [9.17, 15) is 4.39 Å². The highest BCUT2D eigenvalue weighted by Gasteiger charge is 2.36. The summed E-state index contributed by atoms with van der Waals surface area (Å²) in [6.45, 7) is 1.04. The average Bonchev–Trinajstić information content (AvgIpc) is 2.82. The highest BCUT2D eigenvalue weighted by Crippen LogP contribution is 2.36. The lowest BCUT2D eigenvalue weighted by Crippen LogP contribution is -2.39. The minimum atomic E-state index is -3.29. The van der Waals surface area contributed by atoms with E-state index in [0.29, 0.717) is 37.5 Å². The molecule has 4 rings (SSSR count). The molecule has 0 spiro atoms. The van der Waals surface area contributed by atoms with E-state index in [1.54, 1.807) is 0 Å². The second-order valence-electron chi connectivity index (χ2n) is 7.25. The van der Waals surface area contributed by atoms with Gasteiger partial charge < -0.3 is 20.1 Å². The van der Waals surface area contributed by atoms with Gasteiger partial charge in [-0.25, -0.2) is 19.3 Å². The van der Waals surface area contributed by atoms with Crippen LogP contribution in [0.3, 0.4) is 0 Å². The molecule has 1 aromatic carbocycles. The summed E-state index contributed by atoms with van der Waals surface area (Å²) in [6, 6.07) is 6.89. The fourth-order valence-electron chi connectivity index (χ4n) is 3.41. The number of alkyl halides is 2. The molecule has 3 aromatic rings. The number of aromatic nitrogens is 4. The maximum absolute atomic E-state index is 15.0. The van der Waals surface area contributed by atoms with Crippen molar-refractivity contribution in [3.05, 3.63) is 59.9 Å². The van der Waals surface area contributed by atoms with E-state index < -0.39 is 11.7 Å². The summed E-state index contributed by atoms with van der Waals surface area (Å²) in [6.07, 6.45) is 3.04. The predicted molar refractivity (Wildman–Crippen MR) is 110 cm³/mol. The number of nitrogens with zero attached hydrogens (tertiary/aromatic N) is 5. The van der Waals surface area contributed by atoms with Crippen LogP contribution >= 0.6 is 0 Å². The van der Waals surface area contributed by atoms with Gasteiger partial charge in [0.1, 0.15) is 29.7 Å². The number of halogens is 3. The molecule has 0 bridgehead atoms. The van der Waals surface area contributed by atoms with Gasteiger partial charge in [-0.1, -0.05) is 0 Å². The van der Waals surface area contributed by atoms with Gasteiger partial charge in [0.2, 0.25) is 0 Å². The standard InChI is InChI=1S/C21H21F3N6O2/c1-31-14-4-2-13(3-5-14)21(23,24)17-10-18(28-12-27-17)30-8-6-15(7-9-30)32-20-26-11-16(22)19(25)29-20/h2-5,10-12,15H,6-9H2,1H3,(H2,25,26,29). The maximum Gasteiger partial charge on any atom is 0.318 e. The SMILES string of the molecule is COc1ccc(C(F)(F)c2cc(N3CCC(Oc4ncc(F)c(N)n4)CC3)ncn2)cc1. The smallest absolute Gasteiger partial charge is 0.318 e. The van der Waals surface area contributed by atoms with Gasteiger partial charge in [0.15, 0.2) is 11.6 Å². The molecule has 1 saturated heterocycles. The van der Waals surface area contributed by atoms with Crippen molar-refractivity contribution in [2.75, 3.05) is 30.8 Å². The van der Waals surface area contributed by atoms with E-state index in [1.807, 2.05) is 4.90 Å². The lowest BCUT2D eigenvalue weighted by Gasteiger charge is -2.32. The van der Waals surface area contributed by atoms with Crippen molar-refractivity contribution in [1.82, 2.24) is 19.9 Å². The number of benzene rings is 1. The number of anilines is 2. The van der Waals surface area contributed by atoms with Gasteiger partial charge in [-0.2, -0.15) is 13.8 Å². The van der Waals surface area contributed by atoms with Crippen LogP contribution in [-0.4, -0.2) is 46.2 Å². The molecule has 0 radical (unpaired) electrons. The van der Waals surface area contributed by atoms with Crippen LogP contribution in [0.2, 0.25) is 0 Å². The second-order valence-corrected chi connectivity index (χ2v) is 7.25. The molecule has 168 valence electrons. The first kappa shape index (κ1) is 21.6. The van der Waals surface area contributed by atoms with Crippen molar-refractivity contribution >= 4 is 11.6 Å². The topological polar surface area (TPSA) is 99.3 Å². The minimum Gasteiger partial charge on any atom is -0.497 e. The number of hydrogen-bond donors (Lipinski definition) is 1. The van der Waals surface area contributed by atoms with Gasteiger partial charge >= 0.3 is 11.9 Å². The summed E-state index contributed by atoms with van der Waals surface area (Å²) in [4.78, 5) is 17.4. The van der Waals surface area contributed by atoms with Crippen molar-refractivity contribution in [3.8, 4) is 11.8 Å². The van der Waals surface area contributed by atoms with Crippen molar-refractivity contribution in [1.29, 1.82) is 0 Å². The van der Waals surface area contributed by atoms with Crippen LogP contribution in [-0.2, 0) is 5.92 Å². The molecular formula is C21H21F3N6O2. The van der Waals surface area contributed by atoms with E-state index in [4.69, 9.17) is 15.2 Å². The van der Waals surface area contributed by atoms with Crippen LogP contribution < -0.4 is 20.1 Å². The summed E-state index contributed by atoms with van der Waals surface area (Å²) < 4.78 is 53.9. The number of rotatable bonds is 6. The highest BCUT2D eigenvalue weighted by atomic mass is 19.3. The Morgan fingerprint density at radius 1 is 1.09 bits per heavy atom. The van der Waals surface area contributed by atoms with Crippen molar-refractivity contribution in [2.45, 2.75) is 24.9 Å². The van der Waals surface area contributed by atoms with Crippen LogP contribution in [0.5, 0.6) is 11.8 Å². The number of nitrogen functional groups attached to an aromatic ring is 1. The quantitative estimate of drug-likeness (QED) is 0.617. The summed E-state index contributed by atoms with van der Waals surface area (Å²) in [5, 5.41) is 0. The Kier molecular flexibility index (Phi) is 5.97. The van der Waals surface area contributed by atoms with Gasteiger partial charge in [0, 0.05) is 37.6 Å². The van der Waals surface area contributed by atoms with Gasteiger partial charge in [-0.05, 0) is 24.3 Å². The molecule has 0 atom stereocenters. The molecular weight excluding hydrogens is 425 g/mol. The fourth-order valence-corrected chi connectivity index (χ4v) is 3.41. The average molecular weight is 446 g/mol. The molecule has 11 heteroatoms. The molecule has 32 heavy (non-hydrogen) atoms. The summed E-state index contributed by atoms with van der Waals surface area (Å²) in [7, 11) is 1.47. The molecule has 0 saturated carbocycles. The zero-order chi connectivity index (χ0) is 22.7. The Labute approximate surface area is 182 Å². The van der Waals surface area contributed by atoms with Crippen molar-refractivity contribution in [2.24, 2.45) is 0 Å². The highest BCUT2D eigenvalue weighted by molar-refractivity contribution is 5.43. The minimum absolute atomic E-state index is 0.00538. The number of hydrogen-bond acceptors (Lipinski definition) is 8. The van der Waals surface area contributed by atoms with Gasteiger partial charge in [0.05, 0.1) is 13.3 Å². The van der Waals surface area contributed by atoms with Crippen molar-refractivity contribution < 1.29 is 22.6 Å². The van der Waals surface area contributed by atoms with Gasteiger partial charge in [0.25, 0.3) is 0 Å². The predicted octanol–water partition coefficient (Wildman–Crippen LogP) is 3.18. The van der Waals surface area contributed by atoms with E-state index in [1.165, 1.54) is 37.4 Å². The molecule has 0 amide bonds. The van der Waals surface area contributed by atoms with E-state index in [2.05, 4.69) is 19.9 Å². The molecule has 2 aromatic heterocycles. The zero-order valence-corrected chi connectivity index (χ0v) is 17.2. The first-order valence-corrected chi connectivity index (χ1v) is 9.91. The largest absolute Gasteiger partial charge is 0.497 e. The second kappa shape index (κ2) is 8.85. The molecule has 1 aliphatic heterocycles. The lowest BCUT2D eigenvalue weighted by molar-refractivity contribution is 0.0378. The van der Waals surface area contributed by atoms with Gasteiger partial charge in [-0.3, -0.25) is 0 Å². The fraction of sp³-hybridized carbons (Fsp3) is 0.333. The lowest BCUT2D eigenvalue weighted by atomic mass is 10.0. The van der Waals surface area contributed by atoms with Crippen LogP contribution in [0, 0.1) is 5.82 Å². The Morgan fingerprint density at radius 3 is 2.47 bits per heavy atom. The molecule has 0 unspecified atom stereocenters. The number of piperidine rings is 1. The Balaban J connectivity index is 1.43. The van der Waals surface area contributed by atoms with Crippen LogP contribution in [0.25, 0.3) is 0 Å². The maximum atomic E-state index is 15.0. The van der Waals surface area contributed by atoms with Crippen LogP contribution in [0.1, 0.15) is 24.1 Å². The van der Waals surface area contributed by atoms with E-state index >= 15 is 8.78 Å². The van der Waals surface area contributed by atoms with E-state index in [-0.39, 0.29) is 29.2 Å². The molecule has 1 fully saturated rings. The molecule has 2 N–H and O–H groups in total. The Bertz CT molecular complexity index is 1080. The zero-order valence-electron chi connectivity index (χ0n) is 17.2. The number of nitrogens with two attached hydrogens (primary N) is 1. The third kappa shape index (κ3) is 4.51. The Morgan fingerprint density at radius 2 is 1.81 bits per heavy atom.